The first-order chi connectivity index (χ1) is 12.3. The van der Waals surface area contributed by atoms with E-state index in [2.05, 4.69) is 72.0 Å². The van der Waals surface area contributed by atoms with Gasteiger partial charge >= 0.3 is 0 Å². The minimum atomic E-state index is 0.913. The molecule has 0 radical (unpaired) electrons. The molecule has 4 aromatic rings. The molecule has 0 N–H and O–H groups in total. The van der Waals surface area contributed by atoms with E-state index >= 15 is 0 Å². The lowest BCUT2D eigenvalue weighted by atomic mass is 10.0. The number of hydrogen-bond acceptors (Lipinski definition) is 0. The van der Waals surface area contributed by atoms with E-state index in [1.807, 2.05) is 12.1 Å². The van der Waals surface area contributed by atoms with Crippen LogP contribution >= 0.6 is 0 Å². The normalized spacial score (nSPS) is 11.0. The molecule has 0 bridgehead atoms. The highest BCUT2D eigenvalue weighted by Crippen LogP contribution is 2.34. The standard InChI is InChI=1S/C24H21N/c1-3-5-9-19-10-8-12-22-21-11-6-7-13-23(21)25(24(19)22)20-16-14-18(4-2)15-17-20/h2,6-8,10-17H,3,5,9H2,1H3. The van der Waals surface area contributed by atoms with Crippen molar-refractivity contribution in [2.45, 2.75) is 26.2 Å². The van der Waals surface area contributed by atoms with Gasteiger partial charge in [-0.2, -0.15) is 0 Å². The predicted octanol–water partition coefficient (Wildman–Crippen LogP) is 6.11. The largest absolute Gasteiger partial charge is 0.309 e. The fourth-order valence-corrected chi connectivity index (χ4v) is 3.63. The lowest BCUT2D eigenvalue weighted by molar-refractivity contribution is 0.797. The Hall–Kier alpha value is -2.98. The predicted molar refractivity (Wildman–Crippen MR) is 107 cm³/mol. The molecule has 0 saturated heterocycles. The molecule has 0 amide bonds. The molecule has 122 valence electrons. The molecule has 0 spiro atoms. The summed E-state index contributed by atoms with van der Waals surface area (Å²) in [5, 5.41) is 2.63. The monoisotopic (exact) mass is 323 g/mol. The summed E-state index contributed by atoms with van der Waals surface area (Å²) in [5.74, 6) is 2.70. The first-order valence-corrected chi connectivity index (χ1v) is 8.91. The summed E-state index contributed by atoms with van der Waals surface area (Å²) in [6.45, 7) is 2.24. The molecule has 0 saturated carbocycles. The van der Waals surface area contributed by atoms with Crippen LogP contribution in [0.2, 0.25) is 0 Å². The van der Waals surface area contributed by atoms with Gasteiger partial charge in [-0.1, -0.05) is 55.7 Å². The van der Waals surface area contributed by atoms with E-state index < -0.39 is 0 Å². The van der Waals surface area contributed by atoms with Crippen molar-refractivity contribution in [3.05, 3.63) is 77.9 Å². The van der Waals surface area contributed by atoms with Crippen molar-refractivity contribution in [1.82, 2.24) is 4.57 Å². The smallest absolute Gasteiger partial charge is 0.0573 e. The van der Waals surface area contributed by atoms with Crippen molar-refractivity contribution < 1.29 is 0 Å². The van der Waals surface area contributed by atoms with Gasteiger partial charge in [-0.15, -0.1) is 6.42 Å². The molecule has 0 aliphatic rings. The molecule has 1 aromatic heterocycles. The second kappa shape index (κ2) is 6.49. The molecule has 0 unspecified atom stereocenters. The van der Waals surface area contributed by atoms with Gasteiger partial charge in [0, 0.05) is 22.0 Å². The minimum absolute atomic E-state index is 0.913. The molecule has 4 rings (SSSR count). The van der Waals surface area contributed by atoms with E-state index in [-0.39, 0.29) is 0 Å². The molecule has 0 atom stereocenters. The summed E-state index contributed by atoms with van der Waals surface area (Å²) in [7, 11) is 0. The number of unbranched alkanes of at least 4 members (excludes halogenated alkanes) is 1. The van der Waals surface area contributed by atoms with Crippen LogP contribution in [0.1, 0.15) is 30.9 Å². The second-order valence-electron chi connectivity index (χ2n) is 6.46. The Balaban J connectivity index is 2.06. The highest BCUT2D eigenvalue weighted by Gasteiger charge is 2.14. The Morgan fingerprint density at radius 2 is 1.64 bits per heavy atom. The minimum Gasteiger partial charge on any atom is -0.309 e. The first kappa shape index (κ1) is 15.5. The number of aryl methyl sites for hydroxylation is 1. The summed E-state index contributed by atoms with van der Waals surface area (Å²) in [5.41, 5.74) is 6.06. The highest BCUT2D eigenvalue weighted by molar-refractivity contribution is 6.10. The zero-order valence-corrected chi connectivity index (χ0v) is 14.5. The Bertz CT molecular complexity index is 1070. The highest BCUT2D eigenvalue weighted by atomic mass is 15.0. The van der Waals surface area contributed by atoms with Crippen LogP contribution in [-0.4, -0.2) is 4.57 Å². The summed E-state index contributed by atoms with van der Waals surface area (Å²) in [4.78, 5) is 0. The number of benzene rings is 3. The average Bonchev–Trinajstić information content (AvgIpc) is 3.01. The van der Waals surface area contributed by atoms with Gasteiger partial charge in [0.1, 0.15) is 0 Å². The Kier molecular flexibility index (Phi) is 4.04. The van der Waals surface area contributed by atoms with Crippen molar-refractivity contribution in [3.8, 4) is 18.0 Å². The molecule has 1 heteroatoms. The summed E-state index contributed by atoms with van der Waals surface area (Å²) >= 11 is 0. The fourth-order valence-electron chi connectivity index (χ4n) is 3.63. The van der Waals surface area contributed by atoms with Gasteiger partial charge in [-0.25, -0.2) is 0 Å². The number of fused-ring (bicyclic) bond motifs is 3. The SMILES string of the molecule is C#Cc1ccc(-n2c3ccccc3c3cccc(CCCC)c32)cc1. The van der Waals surface area contributed by atoms with Crippen LogP contribution in [0, 0.1) is 12.3 Å². The third kappa shape index (κ3) is 2.61. The lowest BCUT2D eigenvalue weighted by Gasteiger charge is -2.11. The number of hydrogen-bond donors (Lipinski definition) is 0. The number of rotatable bonds is 4. The van der Waals surface area contributed by atoms with Gasteiger partial charge < -0.3 is 4.57 Å². The first-order valence-electron chi connectivity index (χ1n) is 8.91. The Morgan fingerprint density at radius 3 is 2.40 bits per heavy atom. The number of aromatic nitrogens is 1. The van der Waals surface area contributed by atoms with Gasteiger partial charge in [-0.05, 0) is 48.7 Å². The van der Waals surface area contributed by atoms with E-state index in [4.69, 9.17) is 6.42 Å². The molecule has 3 aromatic carbocycles. The summed E-state index contributed by atoms with van der Waals surface area (Å²) < 4.78 is 2.38. The van der Waals surface area contributed by atoms with Gasteiger partial charge in [0.15, 0.2) is 0 Å². The van der Waals surface area contributed by atoms with E-state index in [0.29, 0.717) is 0 Å². The van der Waals surface area contributed by atoms with Crippen LogP contribution in [0.4, 0.5) is 0 Å². The van der Waals surface area contributed by atoms with Crippen LogP contribution in [-0.2, 0) is 6.42 Å². The second-order valence-corrected chi connectivity index (χ2v) is 6.46. The molecular formula is C24H21N. The maximum Gasteiger partial charge on any atom is 0.0573 e. The molecule has 0 aliphatic carbocycles. The van der Waals surface area contributed by atoms with Crippen molar-refractivity contribution in [2.75, 3.05) is 0 Å². The molecule has 25 heavy (non-hydrogen) atoms. The quantitative estimate of drug-likeness (QED) is 0.399. The van der Waals surface area contributed by atoms with Gasteiger partial charge in [0.25, 0.3) is 0 Å². The van der Waals surface area contributed by atoms with Crippen LogP contribution in [0.25, 0.3) is 27.5 Å². The van der Waals surface area contributed by atoms with E-state index in [1.54, 1.807) is 0 Å². The molecular weight excluding hydrogens is 302 g/mol. The van der Waals surface area contributed by atoms with E-state index in [9.17, 15) is 0 Å². The third-order valence-corrected chi connectivity index (χ3v) is 4.87. The molecule has 1 heterocycles. The molecule has 0 fully saturated rings. The van der Waals surface area contributed by atoms with Crippen molar-refractivity contribution in [1.29, 1.82) is 0 Å². The van der Waals surface area contributed by atoms with Crippen LogP contribution in [0.15, 0.2) is 66.7 Å². The topological polar surface area (TPSA) is 4.93 Å². The lowest BCUT2D eigenvalue weighted by Crippen LogP contribution is -1.97. The maximum atomic E-state index is 5.52. The summed E-state index contributed by atoms with van der Waals surface area (Å²) in [6.07, 6.45) is 9.03. The molecule has 1 nitrogen and oxygen atoms in total. The Labute approximate surface area is 148 Å². The van der Waals surface area contributed by atoms with E-state index in [0.717, 1.165) is 17.7 Å². The van der Waals surface area contributed by atoms with Crippen LogP contribution < -0.4 is 0 Å². The fraction of sp³-hybridized carbons (Fsp3) is 0.167. The van der Waals surface area contributed by atoms with Crippen molar-refractivity contribution in [3.63, 3.8) is 0 Å². The zero-order valence-electron chi connectivity index (χ0n) is 14.5. The van der Waals surface area contributed by atoms with Crippen molar-refractivity contribution in [2.24, 2.45) is 0 Å². The van der Waals surface area contributed by atoms with Crippen molar-refractivity contribution >= 4 is 21.8 Å². The Morgan fingerprint density at radius 1 is 0.880 bits per heavy atom. The maximum absolute atomic E-state index is 5.52. The number of nitrogens with zero attached hydrogens (tertiary/aromatic N) is 1. The zero-order chi connectivity index (χ0) is 17.2. The average molecular weight is 323 g/mol. The number of para-hydroxylation sites is 2. The van der Waals surface area contributed by atoms with E-state index in [1.165, 1.54) is 40.2 Å². The van der Waals surface area contributed by atoms with Gasteiger partial charge in [0.2, 0.25) is 0 Å². The van der Waals surface area contributed by atoms with Crippen LogP contribution in [0.5, 0.6) is 0 Å². The molecule has 0 aliphatic heterocycles. The third-order valence-electron chi connectivity index (χ3n) is 4.87. The van der Waals surface area contributed by atoms with Gasteiger partial charge in [0.05, 0.1) is 11.0 Å². The van der Waals surface area contributed by atoms with Crippen LogP contribution in [0.3, 0.4) is 0 Å². The van der Waals surface area contributed by atoms with Gasteiger partial charge in [-0.3, -0.25) is 0 Å². The summed E-state index contributed by atoms with van der Waals surface area (Å²) in [6, 6.07) is 23.6. The number of terminal acetylenes is 1.